The van der Waals surface area contributed by atoms with Crippen LogP contribution >= 0.6 is 0 Å². The molecule has 0 aliphatic carbocycles. The van der Waals surface area contributed by atoms with Crippen molar-refractivity contribution in [1.82, 2.24) is 4.98 Å². The van der Waals surface area contributed by atoms with E-state index in [1.54, 1.807) is 0 Å². The van der Waals surface area contributed by atoms with Crippen molar-refractivity contribution < 1.29 is 46.6 Å². The number of carbonyl (C=O) groups is 4. The molecule has 14 heteroatoms. The Balaban J connectivity index is 1.82. The van der Waals surface area contributed by atoms with Crippen LogP contribution in [0.5, 0.6) is 0 Å². The summed E-state index contributed by atoms with van der Waals surface area (Å²) < 4.78 is 57.0. The van der Waals surface area contributed by atoms with Gasteiger partial charge in [0.05, 0.1) is 5.56 Å². The number of hydrogen-bond acceptors (Lipinski definition) is 10. The standard InChI is InChI=1S/C21H17F3N4O7/c1-20(21(23,24)9-33-8-16(25)28-20)13-6-12(3-4-14(13)22)27-17(30)15-5-2-11(7-26-15)18(31)35-19(32)34-10-29/h2-7,10H,8-9H2,1H3,(H2,25,28)(H,27,30). The number of nitrogens with one attached hydrogen (secondary N) is 1. The predicted molar refractivity (Wildman–Crippen MR) is 111 cm³/mol. The molecule has 0 bridgehead atoms. The third-order valence-corrected chi connectivity index (χ3v) is 4.91. The van der Waals surface area contributed by atoms with Gasteiger partial charge in [0.25, 0.3) is 11.8 Å². The van der Waals surface area contributed by atoms with E-state index in [0.29, 0.717) is 0 Å². The average molecular weight is 494 g/mol. The predicted octanol–water partition coefficient (Wildman–Crippen LogP) is 2.16. The zero-order valence-electron chi connectivity index (χ0n) is 17.9. The summed E-state index contributed by atoms with van der Waals surface area (Å²) in [5.41, 5.74) is 2.16. The number of amidine groups is 1. The number of benzene rings is 1. The van der Waals surface area contributed by atoms with Gasteiger partial charge >= 0.3 is 18.6 Å². The second-order valence-corrected chi connectivity index (χ2v) is 7.31. The molecular weight excluding hydrogens is 477 g/mol. The summed E-state index contributed by atoms with van der Waals surface area (Å²) in [6.07, 6.45) is -0.642. The normalized spacial score (nSPS) is 19.0. The number of pyridine rings is 1. The SMILES string of the molecule is CC1(c2cc(NC(=O)c3ccc(C(=O)OC(=O)OC=O)cn3)ccc2F)N=C(N)COCC1(F)F. The number of amides is 1. The van der Waals surface area contributed by atoms with Gasteiger partial charge in [-0.25, -0.2) is 22.8 Å². The fourth-order valence-corrected chi connectivity index (χ4v) is 3.10. The van der Waals surface area contributed by atoms with E-state index in [-0.39, 0.29) is 35.9 Å². The fourth-order valence-electron chi connectivity index (χ4n) is 3.10. The molecule has 11 nitrogen and oxygen atoms in total. The Bertz CT molecular complexity index is 1200. The van der Waals surface area contributed by atoms with E-state index in [4.69, 9.17) is 10.5 Å². The monoisotopic (exact) mass is 494 g/mol. The Morgan fingerprint density at radius 3 is 2.63 bits per heavy atom. The number of rotatable bonds is 5. The van der Waals surface area contributed by atoms with Crippen molar-refractivity contribution in [2.45, 2.75) is 18.4 Å². The Morgan fingerprint density at radius 2 is 1.97 bits per heavy atom. The molecule has 0 saturated heterocycles. The van der Waals surface area contributed by atoms with Gasteiger partial charge in [-0.05, 0) is 37.3 Å². The minimum absolute atomic E-state index is 0.0516. The first-order chi connectivity index (χ1) is 16.5. The zero-order valence-corrected chi connectivity index (χ0v) is 17.9. The van der Waals surface area contributed by atoms with E-state index >= 15 is 0 Å². The van der Waals surface area contributed by atoms with Crippen LogP contribution in [0.3, 0.4) is 0 Å². The molecule has 1 unspecified atom stereocenters. The maximum atomic E-state index is 14.8. The number of aromatic nitrogens is 1. The number of nitrogens with zero attached hydrogens (tertiary/aromatic N) is 2. The summed E-state index contributed by atoms with van der Waals surface area (Å²) in [7, 11) is 0. The van der Waals surface area contributed by atoms with Gasteiger partial charge in [-0.3, -0.25) is 19.6 Å². The van der Waals surface area contributed by atoms with Crippen LogP contribution in [0.15, 0.2) is 41.5 Å². The smallest absolute Gasteiger partial charge is 0.385 e. The number of aliphatic imine (C=N–C) groups is 1. The number of nitrogens with two attached hydrogens (primary N) is 1. The zero-order chi connectivity index (χ0) is 25.8. The molecule has 0 saturated carbocycles. The summed E-state index contributed by atoms with van der Waals surface area (Å²) in [5, 5.41) is 2.38. The lowest BCUT2D eigenvalue weighted by Crippen LogP contribution is -2.45. The van der Waals surface area contributed by atoms with E-state index in [0.717, 1.165) is 43.5 Å². The first kappa shape index (κ1) is 25.3. The van der Waals surface area contributed by atoms with Crippen molar-refractivity contribution in [3.8, 4) is 0 Å². The van der Waals surface area contributed by atoms with Crippen molar-refractivity contribution in [2.24, 2.45) is 10.7 Å². The minimum atomic E-state index is -3.62. The van der Waals surface area contributed by atoms with Gasteiger partial charge in [0, 0.05) is 17.4 Å². The second-order valence-electron chi connectivity index (χ2n) is 7.31. The van der Waals surface area contributed by atoms with Crippen LogP contribution in [-0.2, 0) is 24.5 Å². The molecular formula is C21H17F3N4O7. The van der Waals surface area contributed by atoms with Crippen molar-refractivity contribution in [2.75, 3.05) is 18.5 Å². The fraction of sp³-hybridized carbons (Fsp3) is 0.238. The highest BCUT2D eigenvalue weighted by atomic mass is 19.3. The summed E-state index contributed by atoms with van der Waals surface area (Å²) >= 11 is 0. The Hall–Kier alpha value is -4.33. The molecule has 2 heterocycles. The molecule has 0 spiro atoms. The van der Waals surface area contributed by atoms with Gasteiger partial charge in [0.2, 0.25) is 0 Å². The highest BCUT2D eigenvalue weighted by Crippen LogP contribution is 2.44. The summed E-state index contributed by atoms with van der Waals surface area (Å²) in [4.78, 5) is 52.9. The largest absolute Gasteiger partial charge is 0.524 e. The lowest BCUT2D eigenvalue weighted by atomic mass is 9.85. The van der Waals surface area contributed by atoms with Gasteiger partial charge in [-0.1, -0.05) is 0 Å². The molecule has 0 radical (unpaired) electrons. The lowest BCUT2D eigenvalue weighted by molar-refractivity contribution is -0.124. The molecule has 35 heavy (non-hydrogen) atoms. The minimum Gasteiger partial charge on any atom is -0.385 e. The average Bonchev–Trinajstić information content (AvgIpc) is 2.90. The van der Waals surface area contributed by atoms with Crippen molar-refractivity contribution >= 4 is 36.0 Å². The molecule has 1 atom stereocenters. The molecule has 2 aromatic rings. The number of esters is 1. The number of anilines is 1. The van der Waals surface area contributed by atoms with Crippen LogP contribution < -0.4 is 11.1 Å². The molecule has 1 aromatic carbocycles. The molecule has 1 aromatic heterocycles. The van der Waals surface area contributed by atoms with E-state index in [1.165, 1.54) is 0 Å². The Morgan fingerprint density at radius 1 is 1.23 bits per heavy atom. The number of ether oxygens (including phenoxy) is 3. The highest BCUT2D eigenvalue weighted by Gasteiger charge is 2.54. The lowest BCUT2D eigenvalue weighted by Gasteiger charge is -2.33. The molecule has 184 valence electrons. The Labute approximate surface area is 195 Å². The van der Waals surface area contributed by atoms with Crippen molar-refractivity contribution in [1.29, 1.82) is 0 Å². The van der Waals surface area contributed by atoms with Gasteiger partial charge in [0.1, 0.15) is 30.6 Å². The van der Waals surface area contributed by atoms with Crippen molar-refractivity contribution in [3.05, 3.63) is 59.2 Å². The number of hydrogen-bond donors (Lipinski definition) is 2. The van der Waals surface area contributed by atoms with Crippen LogP contribution in [0, 0.1) is 5.82 Å². The van der Waals surface area contributed by atoms with Gasteiger partial charge in [-0.2, -0.15) is 0 Å². The van der Waals surface area contributed by atoms with Gasteiger partial charge in [0.15, 0.2) is 5.54 Å². The van der Waals surface area contributed by atoms with Crippen LogP contribution in [0.2, 0.25) is 0 Å². The molecule has 1 amide bonds. The first-order valence-electron chi connectivity index (χ1n) is 9.70. The third kappa shape index (κ3) is 5.43. The quantitative estimate of drug-likeness (QED) is 0.361. The molecule has 3 N–H and O–H groups in total. The maximum Gasteiger partial charge on any atom is 0.524 e. The highest BCUT2D eigenvalue weighted by molar-refractivity contribution is 6.03. The number of halogens is 3. The second kappa shape index (κ2) is 9.89. The van der Waals surface area contributed by atoms with E-state index in [2.05, 4.69) is 24.8 Å². The van der Waals surface area contributed by atoms with Crippen LogP contribution in [0.25, 0.3) is 0 Å². The summed E-state index contributed by atoms with van der Waals surface area (Å²) in [5.74, 6) is -6.90. The van der Waals surface area contributed by atoms with Crippen LogP contribution in [0.4, 0.5) is 23.7 Å². The molecule has 1 aliphatic heterocycles. The summed E-state index contributed by atoms with van der Waals surface area (Å²) in [6.45, 7) is -0.622. The first-order valence-corrected chi connectivity index (χ1v) is 9.70. The van der Waals surface area contributed by atoms with E-state index in [1.807, 2.05) is 0 Å². The molecule has 1 aliphatic rings. The molecule has 3 rings (SSSR count). The molecule has 0 fully saturated rings. The number of carbonyl (C=O) groups excluding carboxylic acids is 4. The third-order valence-electron chi connectivity index (χ3n) is 4.91. The summed E-state index contributed by atoms with van der Waals surface area (Å²) in [6, 6.07) is 5.22. The van der Waals surface area contributed by atoms with Crippen molar-refractivity contribution in [3.63, 3.8) is 0 Å². The topological polar surface area (TPSA) is 159 Å². The van der Waals surface area contributed by atoms with Gasteiger partial charge in [-0.15, -0.1) is 0 Å². The number of alkyl halides is 2. The van der Waals surface area contributed by atoms with E-state index in [9.17, 15) is 32.3 Å². The maximum absolute atomic E-state index is 14.8. The van der Waals surface area contributed by atoms with Gasteiger partial charge < -0.3 is 25.3 Å². The van der Waals surface area contributed by atoms with Crippen LogP contribution in [-0.4, -0.2) is 54.5 Å². The van der Waals surface area contributed by atoms with Crippen LogP contribution in [0.1, 0.15) is 33.3 Å². The van der Waals surface area contributed by atoms with E-state index < -0.39 is 47.5 Å². The Kier molecular flexibility index (Phi) is 7.14.